The van der Waals surface area contributed by atoms with E-state index in [0.29, 0.717) is 21.9 Å². The SMILES string of the molecule is CC(C)(C)c1ccc2oc3ccc(-c4cccc(-c5ccc6c(c5)C(C)(C)c5ccccc5-6)c4)cc3c(=O)c2c1. The molecule has 0 fully saturated rings. The third kappa shape index (κ3) is 3.74. The van der Waals surface area contributed by atoms with Crippen LogP contribution in [0.4, 0.5) is 0 Å². The fourth-order valence-electron chi connectivity index (χ4n) is 6.26. The van der Waals surface area contributed by atoms with Crippen molar-refractivity contribution in [1.29, 1.82) is 0 Å². The first-order chi connectivity index (χ1) is 19.1. The molecule has 196 valence electrons. The second-order valence-electron chi connectivity index (χ2n) is 12.6. The first kappa shape index (κ1) is 24.6. The van der Waals surface area contributed by atoms with Gasteiger partial charge in [-0.15, -0.1) is 0 Å². The maximum absolute atomic E-state index is 13.6. The Morgan fingerprint density at radius 1 is 0.575 bits per heavy atom. The molecule has 0 N–H and O–H groups in total. The van der Waals surface area contributed by atoms with E-state index in [1.54, 1.807) is 0 Å². The highest BCUT2D eigenvalue weighted by molar-refractivity contribution is 5.93. The van der Waals surface area contributed by atoms with Crippen LogP contribution in [0.3, 0.4) is 0 Å². The number of hydrogen-bond acceptors (Lipinski definition) is 2. The predicted molar refractivity (Wildman–Crippen MR) is 167 cm³/mol. The first-order valence-corrected chi connectivity index (χ1v) is 14.0. The van der Waals surface area contributed by atoms with Gasteiger partial charge >= 0.3 is 0 Å². The largest absolute Gasteiger partial charge is 0.456 e. The van der Waals surface area contributed by atoms with Crippen LogP contribution < -0.4 is 5.43 Å². The highest BCUT2D eigenvalue weighted by atomic mass is 16.3. The molecule has 0 aliphatic heterocycles. The van der Waals surface area contributed by atoms with Gasteiger partial charge in [-0.2, -0.15) is 0 Å². The summed E-state index contributed by atoms with van der Waals surface area (Å²) < 4.78 is 6.17. The summed E-state index contributed by atoms with van der Waals surface area (Å²) in [6.07, 6.45) is 0. The molecule has 0 saturated carbocycles. The fraction of sp³-hybridized carbons (Fsp3) is 0.184. The first-order valence-electron chi connectivity index (χ1n) is 14.0. The number of rotatable bonds is 2. The van der Waals surface area contributed by atoms with Gasteiger partial charge in [0.05, 0.1) is 10.8 Å². The molecular weight excluding hydrogens is 488 g/mol. The summed E-state index contributed by atoms with van der Waals surface area (Å²) in [5.74, 6) is 0. The summed E-state index contributed by atoms with van der Waals surface area (Å²) in [6.45, 7) is 11.1. The minimum absolute atomic E-state index is 0.0146. The Hall–Kier alpha value is -4.43. The number of hydrogen-bond donors (Lipinski definition) is 0. The molecule has 7 rings (SSSR count). The molecule has 1 heterocycles. The Kier molecular flexibility index (Phi) is 5.25. The van der Waals surface area contributed by atoms with E-state index >= 15 is 0 Å². The van der Waals surface area contributed by atoms with Crippen molar-refractivity contribution in [2.24, 2.45) is 0 Å². The van der Waals surface area contributed by atoms with Crippen LogP contribution in [0.5, 0.6) is 0 Å². The average molecular weight is 521 g/mol. The van der Waals surface area contributed by atoms with E-state index in [2.05, 4.69) is 107 Å². The van der Waals surface area contributed by atoms with Crippen LogP contribution in [0.25, 0.3) is 55.3 Å². The Morgan fingerprint density at radius 3 is 1.93 bits per heavy atom. The molecule has 0 amide bonds. The molecule has 2 nitrogen and oxygen atoms in total. The van der Waals surface area contributed by atoms with Crippen LogP contribution in [0.2, 0.25) is 0 Å². The summed E-state index contributed by atoms with van der Waals surface area (Å²) >= 11 is 0. The van der Waals surface area contributed by atoms with Gasteiger partial charge in [0.1, 0.15) is 11.2 Å². The maximum atomic E-state index is 13.6. The Bertz CT molecular complexity index is 2030. The topological polar surface area (TPSA) is 30.2 Å². The molecule has 1 aliphatic carbocycles. The molecule has 2 heteroatoms. The van der Waals surface area contributed by atoms with Crippen molar-refractivity contribution >= 4 is 21.9 Å². The van der Waals surface area contributed by atoms with Crippen molar-refractivity contribution in [3.8, 4) is 33.4 Å². The number of fused-ring (bicyclic) bond motifs is 5. The highest BCUT2D eigenvalue weighted by Gasteiger charge is 2.35. The zero-order valence-corrected chi connectivity index (χ0v) is 23.6. The normalized spacial score (nSPS) is 13.9. The van der Waals surface area contributed by atoms with Gasteiger partial charge < -0.3 is 4.42 Å². The van der Waals surface area contributed by atoms with Gasteiger partial charge in [0.25, 0.3) is 0 Å². The van der Waals surface area contributed by atoms with E-state index in [9.17, 15) is 4.79 Å². The van der Waals surface area contributed by atoms with Crippen LogP contribution in [-0.4, -0.2) is 0 Å². The highest BCUT2D eigenvalue weighted by Crippen LogP contribution is 2.49. The molecule has 1 aromatic heterocycles. The van der Waals surface area contributed by atoms with E-state index in [-0.39, 0.29) is 16.3 Å². The van der Waals surface area contributed by atoms with Crippen LogP contribution in [0, 0.1) is 0 Å². The van der Waals surface area contributed by atoms with Crippen molar-refractivity contribution in [3.05, 3.63) is 130 Å². The van der Waals surface area contributed by atoms with E-state index in [1.165, 1.54) is 27.8 Å². The zero-order chi connectivity index (χ0) is 27.8. The lowest BCUT2D eigenvalue weighted by molar-refractivity contribution is 0.590. The molecule has 0 bridgehead atoms. The minimum Gasteiger partial charge on any atom is -0.456 e. The molecule has 0 radical (unpaired) electrons. The third-order valence-corrected chi connectivity index (χ3v) is 8.65. The molecule has 40 heavy (non-hydrogen) atoms. The lowest BCUT2D eigenvalue weighted by Gasteiger charge is -2.22. The fourth-order valence-corrected chi connectivity index (χ4v) is 6.26. The maximum Gasteiger partial charge on any atom is 0.200 e. The van der Waals surface area contributed by atoms with Crippen LogP contribution in [-0.2, 0) is 10.8 Å². The Balaban J connectivity index is 1.32. The van der Waals surface area contributed by atoms with Crippen molar-refractivity contribution < 1.29 is 4.42 Å². The van der Waals surface area contributed by atoms with Gasteiger partial charge in [0.15, 0.2) is 0 Å². The van der Waals surface area contributed by atoms with Gasteiger partial charge in [-0.3, -0.25) is 4.79 Å². The van der Waals surface area contributed by atoms with Crippen LogP contribution in [0.1, 0.15) is 51.3 Å². The van der Waals surface area contributed by atoms with E-state index in [4.69, 9.17) is 4.42 Å². The molecular formula is C38H32O2. The predicted octanol–water partition coefficient (Wildman–Crippen LogP) is 9.88. The number of benzene rings is 5. The summed E-state index contributed by atoms with van der Waals surface area (Å²) in [6, 6.07) is 36.1. The summed E-state index contributed by atoms with van der Waals surface area (Å²) in [5.41, 5.74) is 12.1. The van der Waals surface area contributed by atoms with Crippen molar-refractivity contribution in [2.75, 3.05) is 0 Å². The quantitative estimate of drug-likeness (QED) is 0.213. The minimum atomic E-state index is -0.0482. The van der Waals surface area contributed by atoms with Gasteiger partial charge in [0.2, 0.25) is 5.43 Å². The molecule has 0 unspecified atom stereocenters. The van der Waals surface area contributed by atoms with E-state index in [1.807, 2.05) is 30.3 Å². The van der Waals surface area contributed by atoms with Crippen molar-refractivity contribution in [2.45, 2.75) is 45.4 Å². The smallest absolute Gasteiger partial charge is 0.200 e. The molecule has 5 aromatic carbocycles. The van der Waals surface area contributed by atoms with E-state index < -0.39 is 0 Å². The second-order valence-corrected chi connectivity index (χ2v) is 12.6. The second kappa shape index (κ2) is 8.53. The van der Waals surface area contributed by atoms with Gasteiger partial charge in [0, 0.05) is 5.41 Å². The lowest BCUT2D eigenvalue weighted by atomic mass is 9.81. The van der Waals surface area contributed by atoms with Crippen LogP contribution >= 0.6 is 0 Å². The molecule has 0 atom stereocenters. The molecule has 0 spiro atoms. The van der Waals surface area contributed by atoms with Gasteiger partial charge in [-0.25, -0.2) is 0 Å². The Morgan fingerprint density at radius 2 is 1.18 bits per heavy atom. The van der Waals surface area contributed by atoms with Crippen molar-refractivity contribution in [1.82, 2.24) is 0 Å². The zero-order valence-electron chi connectivity index (χ0n) is 23.6. The van der Waals surface area contributed by atoms with Crippen molar-refractivity contribution in [3.63, 3.8) is 0 Å². The standard InChI is InChI=1S/C38H32O2/c1-37(2,3)27-15-18-35-31(22-27)36(39)30-20-25(14-17-34(30)40-35)23-9-8-10-24(19-23)26-13-16-29-28-11-6-7-12-32(28)38(4,5)33(29)21-26/h6-22H,1-5H3. The van der Waals surface area contributed by atoms with E-state index in [0.717, 1.165) is 22.3 Å². The molecule has 0 saturated heterocycles. The average Bonchev–Trinajstić information content (AvgIpc) is 3.18. The lowest BCUT2D eigenvalue weighted by Crippen LogP contribution is -2.14. The van der Waals surface area contributed by atoms with Gasteiger partial charge in [-0.05, 0) is 91.9 Å². The third-order valence-electron chi connectivity index (χ3n) is 8.65. The van der Waals surface area contributed by atoms with Gasteiger partial charge in [-0.1, -0.05) is 101 Å². The summed E-state index contributed by atoms with van der Waals surface area (Å²) in [5, 5.41) is 1.24. The molecule has 6 aromatic rings. The summed E-state index contributed by atoms with van der Waals surface area (Å²) in [7, 11) is 0. The Labute approximate surface area is 234 Å². The molecule has 1 aliphatic rings. The monoisotopic (exact) mass is 520 g/mol. The van der Waals surface area contributed by atoms with Crippen LogP contribution in [0.15, 0.2) is 112 Å². The summed E-state index contributed by atoms with van der Waals surface area (Å²) in [4.78, 5) is 13.6.